The van der Waals surface area contributed by atoms with Crippen LogP contribution < -0.4 is 14.8 Å². The van der Waals surface area contributed by atoms with Gasteiger partial charge in [0.25, 0.3) is 0 Å². The summed E-state index contributed by atoms with van der Waals surface area (Å²) < 4.78 is 16.1. The second kappa shape index (κ2) is 6.83. The van der Waals surface area contributed by atoms with Crippen LogP contribution in [-0.4, -0.2) is 37.2 Å². The zero-order valence-corrected chi connectivity index (χ0v) is 15.2. The highest BCUT2D eigenvalue weighted by Crippen LogP contribution is 2.34. The number of benzene rings is 2. The number of fused-ring (bicyclic) bond motifs is 2. The molecule has 0 saturated carbocycles. The zero-order valence-electron chi connectivity index (χ0n) is 15.2. The summed E-state index contributed by atoms with van der Waals surface area (Å²) in [5, 5.41) is 2.86. The minimum Gasteiger partial charge on any atom is -0.486 e. The Balaban J connectivity index is 1.46. The summed E-state index contributed by atoms with van der Waals surface area (Å²) in [5.74, 6) is 1.09. The largest absolute Gasteiger partial charge is 0.486 e. The fourth-order valence-corrected chi connectivity index (χ4v) is 3.14. The number of rotatable bonds is 3. The fraction of sp³-hybridized carbons (Fsp3) is 0.300. The standard InChI is InChI=1S/C20H20N2O5/c1-12(13-3-6-17-18(10-13)26-8-7-25-17)22(2)20(24)21-15-4-5-16-14(9-15)11-27-19(16)23/h3-6,9-10,12H,7-8,11H2,1-2H3,(H,21,24)/t12-/m0/s1. The fourth-order valence-electron chi connectivity index (χ4n) is 3.14. The number of carbonyl (C=O) groups excluding carboxylic acids is 2. The number of hydrogen-bond acceptors (Lipinski definition) is 5. The first kappa shape index (κ1) is 17.2. The maximum Gasteiger partial charge on any atom is 0.338 e. The molecule has 2 amide bonds. The Morgan fingerprint density at radius 3 is 2.67 bits per heavy atom. The molecule has 4 rings (SSSR count). The molecule has 2 aliphatic rings. The van der Waals surface area contributed by atoms with E-state index in [4.69, 9.17) is 14.2 Å². The molecule has 2 aliphatic heterocycles. The van der Waals surface area contributed by atoms with Gasteiger partial charge in [-0.2, -0.15) is 0 Å². The van der Waals surface area contributed by atoms with E-state index in [1.54, 1.807) is 30.1 Å². The molecule has 0 radical (unpaired) electrons. The SMILES string of the molecule is C[C@@H](c1ccc2c(c1)OCCO2)N(C)C(=O)Nc1ccc2c(c1)COC2=O. The second-order valence-electron chi connectivity index (χ2n) is 6.57. The Hall–Kier alpha value is -3.22. The van der Waals surface area contributed by atoms with Gasteiger partial charge in [-0.15, -0.1) is 0 Å². The second-order valence-corrected chi connectivity index (χ2v) is 6.57. The minimum atomic E-state index is -0.327. The van der Waals surface area contributed by atoms with Crippen LogP contribution in [0.2, 0.25) is 0 Å². The molecule has 0 spiro atoms. The van der Waals surface area contributed by atoms with Crippen molar-refractivity contribution < 1.29 is 23.8 Å². The molecule has 0 fully saturated rings. The van der Waals surface area contributed by atoms with E-state index in [9.17, 15) is 9.59 Å². The normalized spacial score (nSPS) is 15.6. The van der Waals surface area contributed by atoms with Crippen LogP contribution in [0.5, 0.6) is 11.5 Å². The first-order valence-corrected chi connectivity index (χ1v) is 8.76. The summed E-state index contributed by atoms with van der Waals surface area (Å²) >= 11 is 0. The number of nitrogens with zero attached hydrogens (tertiary/aromatic N) is 1. The molecule has 0 unspecified atom stereocenters. The number of esters is 1. The number of hydrogen-bond donors (Lipinski definition) is 1. The highest BCUT2D eigenvalue weighted by atomic mass is 16.6. The summed E-state index contributed by atoms with van der Waals surface area (Å²) in [5.41, 5.74) is 2.90. The molecule has 1 N–H and O–H groups in total. The highest BCUT2D eigenvalue weighted by Gasteiger charge is 2.23. The van der Waals surface area contributed by atoms with Gasteiger partial charge in [0.15, 0.2) is 11.5 Å². The predicted molar refractivity (Wildman–Crippen MR) is 98.2 cm³/mol. The lowest BCUT2D eigenvalue weighted by Crippen LogP contribution is -2.33. The molecule has 2 aromatic rings. The highest BCUT2D eigenvalue weighted by molar-refractivity contribution is 5.95. The summed E-state index contributed by atoms with van der Waals surface area (Å²) in [6.45, 7) is 3.24. The maximum atomic E-state index is 12.6. The number of ether oxygens (including phenoxy) is 3. The van der Waals surface area contributed by atoms with Gasteiger partial charge in [0.2, 0.25) is 0 Å². The van der Waals surface area contributed by atoms with Gasteiger partial charge in [0, 0.05) is 18.3 Å². The van der Waals surface area contributed by atoms with Crippen molar-refractivity contribution in [1.82, 2.24) is 4.90 Å². The molecular weight excluding hydrogens is 348 g/mol. The number of nitrogens with one attached hydrogen (secondary N) is 1. The molecule has 2 heterocycles. The third-order valence-corrected chi connectivity index (χ3v) is 4.89. The van der Waals surface area contributed by atoms with Crippen LogP contribution in [-0.2, 0) is 11.3 Å². The molecule has 140 valence electrons. The summed E-state index contributed by atoms with van der Waals surface area (Å²) in [6, 6.07) is 10.4. The average Bonchev–Trinajstić information content (AvgIpc) is 3.06. The minimum absolute atomic E-state index is 0.167. The van der Waals surface area contributed by atoms with E-state index in [2.05, 4.69) is 5.32 Å². The van der Waals surface area contributed by atoms with Gasteiger partial charge >= 0.3 is 12.0 Å². The van der Waals surface area contributed by atoms with Crippen LogP contribution in [0.4, 0.5) is 10.5 Å². The van der Waals surface area contributed by atoms with Gasteiger partial charge in [-0.1, -0.05) is 6.07 Å². The Bertz CT molecular complexity index is 911. The van der Waals surface area contributed by atoms with Crippen molar-refractivity contribution in [3.63, 3.8) is 0 Å². The van der Waals surface area contributed by atoms with Crippen LogP contribution >= 0.6 is 0 Å². The number of carbonyl (C=O) groups is 2. The van der Waals surface area contributed by atoms with Crippen molar-refractivity contribution in [1.29, 1.82) is 0 Å². The van der Waals surface area contributed by atoms with Gasteiger partial charge < -0.3 is 24.4 Å². The lowest BCUT2D eigenvalue weighted by Gasteiger charge is -2.27. The first-order valence-electron chi connectivity index (χ1n) is 8.76. The van der Waals surface area contributed by atoms with Crippen LogP contribution in [0.3, 0.4) is 0 Å². The third kappa shape index (κ3) is 3.28. The lowest BCUT2D eigenvalue weighted by molar-refractivity contribution is 0.0535. The van der Waals surface area contributed by atoms with Crippen molar-refractivity contribution in [2.75, 3.05) is 25.6 Å². The first-order chi connectivity index (χ1) is 13.0. The van der Waals surface area contributed by atoms with Gasteiger partial charge in [0.1, 0.15) is 19.8 Å². The van der Waals surface area contributed by atoms with Crippen LogP contribution in [0.25, 0.3) is 0 Å². The van der Waals surface area contributed by atoms with Gasteiger partial charge in [-0.25, -0.2) is 9.59 Å². The number of cyclic esters (lactones) is 1. The van der Waals surface area contributed by atoms with E-state index in [1.165, 1.54) is 0 Å². The predicted octanol–water partition coefficient (Wildman–Crippen LogP) is 3.35. The molecule has 27 heavy (non-hydrogen) atoms. The van der Waals surface area contributed by atoms with Crippen molar-refractivity contribution in [2.45, 2.75) is 19.6 Å². The van der Waals surface area contributed by atoms with Crippen molar-refractivity contribution in [3.05, 3.63) is 53.1 Å². The molecule has 0 saturated heterocycles. The Kier molecular flexibility index (Phi) is 4.35. The summed E-state index contributed by atoms with van der Waals surface area (Å²) in [4.78, 5) is 25.8. The molecule has 0 aromatic heterocycles. The van der Waals surface area contributed by atoms with E-state index in [0.29, 0.717) is 30.2 Å². The zero-order chi connectivity index (χ0) is 19.0. The van der Waals surface area contributed by atoms with Crippen molar-refractivity contribution in [3.8, 4) is 11.5 Å². The van der Waals surface area contributed by atoms with Crippen LogP contribution in [0.1, 0.15) is 34.5 Å². The van der Waals surface area contributed by atoms with Crippen LogP contribution in [0, 0.1) is 0 Å². The van der Waals surface area contributed by atoms with E-state index >= 15 is 0 Å². The van der Waals surface area contributed by atoms with Gasteiger partial charge in [0.05, 0.1) is 11.6 Å². The summed E-state index contributed by atoms with van der Waals surface area (Å²) in [6.07, 6.45) is 0. The number of urea groups is 1. The van der Waals surface area contributed by atoms with E-state index in [0.717, 1.165) is 16.9 Å². The summed E-state index contributed by atoms with van der Waals surface area (Å²) in [7, 11) is 1.73. The molecule has 2 aromatic carbocycles. The lowest BCUT2D eigenvalue weighted by atomic mass is 10.1. The Morgan fingerprint density at radius 1 is 1.07 bits per heavy atom. The Labute approximate surface area is 156 Å². The molecule has 7 nitrogen and oxygen atoms in total. The Morgan fingerprint density at radius 2 is 1.85 bits per heavy atom. The topological polar surface area (TPSA) is 77.1 Å². The van der Waals surface area contributed by atoms with Crippen molar-refractivity contribution >= 4 is 17.7 Å². The maximum absolute atomic E-state index is 12.6. The van der Waals surface area contributed by atoms with Gasteiger partial charge in [-0.3, -0.25) is 0 Å². The average molecular weight is 368 g/mol. The molecule has 0 aliphatic carbocycles. The molecule has 7 heteroatoms. The molecular formula is C20H20N2O5. The number of amides is 2. The van der Waals surface area contributed by atoms with E-state index < -0.39 is 0 Å². The van der Waals surface area contributed by atoms with Crippen molar-refractivity contribution in [2.24, 2.45) is 0 Å². The monoisotopic (exact) mass is 368 g/mol. The smallest absolute Gasteiger partial charge is 0.338 e. The number of anilines is 1. The van der Waals surface area contributed by atoms with Gasteiger partial charge in [-0.05, 0) is 42.8 Å². The van der Waals surface area contributed by atoms with E-state index in [-0.39, 0.29) is 24.6 Å². The quantitative estimate of drug-likeness (QED) is 0.841. The molecule has 1 atom stereocenters. The molecule has 0 bridgehead atoms. The van der Waals surface area contributed by atoms with Crippen LogP contribution in [0.15, 0.2) is 36.4 Å². The van der Waals surface area contributed by atoms with E-state index in [1.807, 2.05) is 25.1 Å². The third-order valence-electron chi connectivity index (χ3n) is 4.89.